The van der Waals surface area contributed by atoms with Crippen molar-refractivity contribution in [2.75, 3.05) is 49.7 Å². The third-order valence-electron chi connectivity index (χ3n) is 7.58. The van der Waals surface area contributed by atoms with Gasteiger partial charge in [-0.2, -0.15) is 0 Å². The lowest BCUT2D eigenvalue weighted by molar-refractivity contribution is 0.0746. The van der Waals surface area contributed by atoms with E-state index in [-0.39, 0.29) is 18.6 Å². The first-order chi connectivity index (χ1) is 17.6. The van der Waals surface area contributed by atoms with Crippen LogP contribution in [0.2, 0.25) is 0 Å². The molecule has 8 heteroatoms. The highest BCUT2D eigenvalue weighted by Crippen LogP contribution is 2.47. The Labute approximate surface area is 211 Å². The summed E-state index contributed by atoms with van der Waals surface area (Å²) in [6, 6.07) is 9.35. The van der Waals surface area contributed by atoms with Crippen LogP contribution in [0.1, 0.15) is 59.0 Å². The zero-order chi connectivity index (χ0) is 24.6. The molecule has 0 N–H and O–H groups in total. The minimum atomic E-state index is -0.403. The molecule has 8 nitrogen and oxygen atoms in total. The van der Waals surface area contributed by atoms with E-state index in [1.807, 2.05) is 4.90 Å². The average Bonchev–Trinajstić information content (AvgIpc) is 3.85. The molecule has 0 radical (unpaired) electrons. The van der Waals surface area contributed by atoms with Crippen molar-refractivity contribution in [2.45, 2.75) is 43.6 Å². The molecule has 2 aliphatic carbocycles. The number of anilines is 2. The molecule has 6 rings (SSSR count). The van der Waals surface area contributed by atoms with Crippen molar-refractivity contribution in [1.82, 2.24) is 9.88 Å². The molecular weight excluding hydrogens is 456 g/mol. The molecule has 1 aromatic heterocycles. The molecule has 3 heterocycles. The Morgan fingerprint density at radius 3 is 2.44 bits per heavy atom. The lowest BCUT2D eigenvalue weighted by Crippen LogP contribution is -2.49. The van der Waals surface area contributed by atoms with E-state index < -0.39 is 6.09 Å². The number of hydrogen-bond donors (Lipinski definition) is 0. The van der Waals surface area contributed by atoms with Crippen molar-refractivity contribution < 1.29 is 19.1 Å². The highest BCUT2D eigenvalue weighted by Gasteiger charge is 2.34. The Balaban J connectivity index is 1.10. The van der Waals surface area contributed by atoms with E-state index in [4.69, 9.17) is 14.5 Å². The molecule has 4 aliphatic rings. The summed E-state index contributed by atoms with van der Waals surface area (Å²) in [6.07, 6.45) is 10.1. The number of aromatic nitrogens is 1. The van der Waals surface area contributed by atoms with E-state index in [2.05, 4.69) is 17.2 Å². The van der Waals surface area contributed by atoms with E-state index in [9.17, 15) is 9.59 Å². The number of benzene rings is 1. The number of amides is 2. The summed E-state index contributed by atoms with van der Waals surface area (Å²) in [5.74, 6) is 2.50. The molecule has 1 aromatic carbocycles. The molecule has 1 unspecified atom stereocenters. The van der Waals surface area contributed by atoms with Gasteiger partial charge in [-0.05, 0) is 79.0 Å². The van der Waals surface area contributed by atoms with Crippen LogP contribution in [0.25, 0.3) is 0 Å². The minimum Gasteiger partial charge on any atom is -0.505 e. The number of carbonyl (C=O) groups is 2. The summed E-state index contributed by atoms with van der Waals surface area (Å²) >= 11 is 0. The molecule has 188 valence electrons. The summed E-state index contributed by atoms with van der Waals surface area (Å²) in [5.41, 5.74) is 4.13. The molecule has 4 fully saturated rings. The number of hydrogen-bond acceptors (Lipinski definition) is 6. The zero-order valence-electron chi connectivity index (χ0n) is 20.6. The van der Waals surface area contributed by atoms with Crippen molar-refractivity contribution in [3.63, 3.8) is 0 Å². The second-order valence-electron chi connectivity index (χ2n) is 10.1. The second-order valence-corrected chi connectivity index (χ2v) is 10.1. The quantitative estimate of drug-likeness (QED) is 0.542. The molecule has 0 spiro atoms. The topological polar surface area (TPSA) is 75.2 Å². The van der Waals surface area contributed by atoms with Crippen LogP contribution in [-0.2, 0) is 9.47 Å². The highest BCUT2D eigenvalue weighted by atomic mass is 16.6. The summed E-state index contributed by atoms with van der Waals surface area (Å²) < 4.78 is 10.2. The maximum absolute atomic E-state index is 13.2. The molecule has 0 bridgehead atoms. The Morgan fingerprint density at radius 2 is 1.78 bits per heavy atom. The van der Waals surface area contributed by atoms with Gasteiger partial charge in [-0.1, -0.05) is 6.07 Å². The first-order valence-electron chi connectivity index (χ1n) is 12.9. The molecule has 1 atom stereocenters. The molecule has 36 heavy (non-hydrogen) atoms. The van der Waals surface area contributed by atoms with E-state index in [0.29, 0.717) is 36.2 Å². The van der Waals surface area contributed by atoms with Crippen LogP contribution in [0.3, 0.4) is 0 Å². The van der Waals surface area contributed by atoms with Crippen molar-refractivity contribution >= 4 is 23.5 Å². The monoisotopic (exact) mass is 488 g/mol. The van der Waals surface area contributed by atoms with Crippen molar-refractivity contribution in [1.29, 1.82) is 0 Å². The SMILES string of the molecule is CO/C=C/C1COC(=O)N1c1ccc(C(=O)N2CCN(c3ncc(C4CC4)cc3C3CC3)CC2)cc1. The van der Waals surface area contributed by atoms with E-state index in [1.54, 1.807) is 48.6 Å². The normalized spacial score (nSPS) is 22.3. The maximum atomic E-state index is 13.2. The Bertz CT molecular complexity index is 1160. The van der Waals surface area contributed by atoms with E-state index in [0.717, 1.165) is 18.9 Å². The van der Waals surface area contributed by atoms with Crippen molar-refractivity contribution in [3.05, 3.63) is 65.6 Å². The van der Waals surface area contributed by atoms with Gasteiger partial charge in [-0.25, -0.2) is 9.78 Å². The van der Waals surface area contributed by atoms with Crippen LogP contribution < -0.4 is 9.80 Å². The predicted molar refractivity (Wildman–Crippen MR) is 137 cm³/mol. The average molecular weight is 489 g/mol. The number of carbonyl (C=O) groups excluding carboxylic acids is 2. The third-order valence-corrected chi connectivity index (χ3v) is 7.58. The van der Waals surface area contributed by atoms with Crippen molar-refractivity contribution in [3.8, 4) is 0 Å². The van der Waals surface area contributed by atoms with Crippen LogP contribution in [0, 0.1) is 0 Å². The lowest BCUT2D eigenvalue weighted by Gasteiger charge is -2.36. The number of rotatable bonds is 7. The van der Waals surface area contributed by atoms with Crippen molar-refractivity contribution in [2.24, 2.45) is 0 Å². The van der Waals surface area contributed by atoms with E-state index in [1.165, 1.54) is 36.8 Å². The standard InChI is InChI=1S/C28H32N4O4/c1-35-15-10-24-18-36-28(34)32(24)23-8-6-21(7-9-23)27(33)31-13-11-30(12-14-31)26-25(20-4-5-20)16-22(17-29-26)19-2-3-19/h6-10,15-17,19-20,24H,2-5,11-14,18H2,1H3/b15-10+. The van der Waals surface area contributed by atoms with Gasteiger partial charge in [0.25, 0.3) is 5.91 Å². The van der Waals surface area contributed by atoms with Crippen LogP contribution in [0.4, 0.5) is 16.3 Å². The van der Waals surface area contributed by atoms with Gasteiger partial charge in [0.05, 0.1) is 19.4 Å². The fourth-order valence-electron chi connectivity index (χ4n) is 5.20. The molecule has 2 amide bonds. The highest BCUT2D eigenvalue weighted by molar-refractivity contribution is 5.96. The number of ether oxygens (including phenoxy) is 2. The summed E-state index contributed by atoms with van der Waals surface area (Å²) in [5, 5.41) is 0. The van der Waals surface area contributed by atoms with Gasteiger partial charge in [-0.3, -0.25) is 9.69 Å². The number of cyclic esters (lactones) is 1. The molecular formula is C28H32N4O4. The number of pyridine rings is 1. The number of methoxy groups -OCH3 is 1. The van der Waals surface area contributed by atoms with Crippen LogP contribution in [-0.4, -0.2) is 67.8 Å². The lowest BCUT2D eigenvalue weighted by atomic mass is 10.1. The largest absolute Gasteiger partial charge is 0.505 e. The van der Waals surface area contributed by atoms with Gasteiger partial charge >= 0.3 is 6.09 Å². The Kier molecular flexibility index (Phi) is 6.03. The second kappa shape index (κ2) is 9.48. The number of piperazine rings is 1. The van der Waals surface area contributed by atoms with E-state index >= 15 is 0 Å². The smallest absolute Gasteiger partial charge is 0.415 e. The van der Waals surface area contributed by atoms with Gasteiger partial charge in [0, 0.05) is 43.6 Å². The predicted octanol–water partition coefficient (Wildman–Crippen LogP) is 4.28. The van der Waals surface area contributed by atoms with Gasteiger partial charge < -0.3 is 19.3 Å². The Hall–Kier alpha value is -3.55. The van der Waals surface area contributed by atoms with Gasteiger partial charge in [-0.15, -0.1) is 0 Å². The number of nitrogens with zero attached hydrogens (tertiary/aromatic N) is 4. The Morgan fingerprint density at radius 1 is 1.06 bits per heavy atom. The summed E-state index contributed by atoms with van der Waals surface area (Å²) in [6.45, 7) is 3.17. The molecule has 2 aromatic rings. The van der Waals surface area contributed by atoms with Gasteiger partial charge in [0.1, 0.15) is 12.4 Å². The van der Waals surface area contributed by atoms with Crippen LogP contribution in [0.5, 0.6) is 0 Å². The first-order valence-corrected chi connectivity index (χ1v) is 12.9. The molecule has 2 saturated heterocycles. The molecule has 2 aliphatic heterocycles. The third kappa shape index (κ3) is 4.52. The van der Waals surface area contributed by atoms with Crippen LogP contribution in [0.15, 0.2) is 48.9 Å². The zero-order valence-corrected chi connectivity index (χ0v) is 20.6. The minimum absolute atomic E-state index is 0.0143. The fourth-order valence-corrected chi connectivity index (χ4v) is 5.20. The van der Waals surface area contributed by atoms with Crippen LogP contribution >= 0.6 is 0 Å². The maximum Gasteiger partial charge on any atom is 0.415 e. The molecule has 2 saturated carbocycles. The summed E-state index contributed by atoms with van der Waals surface area (Å²) in [7, 11) is 1.56. The van der Waals surface area contributed by atoms with Gasteiger partial charge in [0.15, 0.2) is 0 Å². The van der Waals surface area contributed by atoms with Gasteiger partial charge in [0.2, 0.25) is 0 Å². The fraction of sp³-hybridized carbons (Fsp3) is 0.464. The summed E-state index contributed by atoms with van der Waals surface area (Å²) in [4.78, 5) is 36.2. The first kappa shape index (κ1) is 22.9.